The average Bonchev–Trinajstić information content (AvgIpc) is 3.56. The number of Topliss-reactive ketones (excluding diaryl/α,β-unsaturated/α-hetero) is 1. The van der Waals surface area contributed by atoms with Crippen molar-refractivity contribution >= 4 is 55.7 Å². The van der Waals surface area contributed by atoms with Crippen molar-refractivity contribution in [1.82, 2.24) is 4.98 Å². The highest BCUT2D eigenvalue weighted by molar-refractivity contribution is 7.22. The third-order valence-electron chi connectivity index (χ3n) is 6.64. The number of nitrogens with zero attached hydrogens (tertiary/aromatic N) is 2. The molecule has 0 spiro atoms. The van der Waals surface area contributed by atoms with Crippen LogP contribution in [0.15, 0.2) is 66.2 Å². The Morgan fingerprint density at radius 1 is 1.18 bits per heavy atom. The van der Waals surface area contributed by atoms with Crippen LogP contribution in [0.25, 0.3) is 16.0 Å². The molecule has 6 rings (SSSR count). The maximum atomic E-state index is 13.5. The number of hydrogen-bond acceptors (Lipinski definition) is 7. The van der Waals surface area contributed by atoms with Gasteiger partial charge in [-0.3, -0.25) is 14.5 Å². The van der Waals surface area contributed by atoms with Gasteiger partial charge in [-0.1, -0.05) is 35.1 Å². The molecule has 0 saturated carbocycles. The number of halogens is 1. The second-order valence-electron chi connectivity index (χ2n) is 9.24. The Morgan fingerprint density at radius 2 is 2.03 bits per heavy atom. The molecule has 9 heteroatoms. The Bertz CT molecular complexity index is 1650. The van der Waals surface area contributed by atoms with Crippen LogP contribution in [0.1, 0.15) is 36.6 Å². The fourth-order valence-corrected chi connectivity index (χ4v) is 6.27. The molecule has 1 amide bonds. The van der Waals surface area contributed by atoms with E-state index in [2.05, 4.69) is 4.98 Å². The van der Waals surface area contributed by atoms with E-state index >= 15 is 0 Å². The summed E-state index contributed by atoms with van der Waals surface area (Å²) in [5.74, 6) is -0.443. The quantitative estimate of drug-likeness (QED) is 0.179. The van der Waals surface area contributed by atoms with Gasteiger partial charge in [0.25, 0.3) is 5.78 Å². The molecule has 0 unspecified atom stereocenters. The first kappa shape index (κ1) is 24.5. The van der Waals surface area contributed by atoms with Gasteiger partial charge in [0.15, 0.2) is 5.13 Å². The van der Waals surface area contributed by atoms with Crippen LogP contribution in [0.2, 0.25) is 5.02 Å². The standard InChI is InChI=1S/C29H23ClN2O5S/c1-3-36-20-6-4-5-16(13-20)25-24(26(33)17-7-10-22-18(12-17)11-15(2)37-22)27(34)28(35)32(25)29-31-21-9-8-19(30)14-23(21)38-29/h4-10,12-15,25,33H,3,11H2,1-2H3/b26-24+/t15-,25-/m1/s1. The summed E-state index contributed by atoms with van der Waals surface area (Å²) in [4.78, 5) is 33.1. The van der Waals surface area contributed by atoms with Crippen molar-refractivity contribution < 1.29 is 24.2 Å². The van der Waals surface area contributed by atoms with Crippen molar-refractivity contribution in [2.24, 2.45) is 0 Å². The Labute approximate surface area is 227 Å². The van der Waals surface area contributed by atoms with Crippen LogP contribution in [0.5, 0.6) is 11.5 Å². The summed E-state index contributed by atoms with van der Waals surface area (Å²) in [5, 5.41) is 12.4. The minimum atomic E-state index is -0.908. The molecule has 2 atom stereocenters. The molecule has 7 nitrogen and oxygen atoms in total. The van der Waals surface area contributed by atoms with E-state index in [9.17, 15) is 14.7 Å². The van der Waals surface area contributed by atoms with Crippen molar-refractivity contribution in [3.05, 3.63) is 87.9 Å². The molecule has 192 valence electrons. The van der Waals surface area contributed by atoms with Gasteiger partial charge in [-0.15, -0.1) is 0 Å². The molecule has 0 radical (unpaired) electrons. The van der Waals surface area contributed by atoms with Crippen LogP contribution in [-0.4, -0.2) is 34.5 Å². The number of ketones is 1. The lowest BCUT2D eigenvalue weighted by molar-refractivity contribution is -0.132. The van der Waals surface area contributed by atoms with Crippen LogP contribution in [0, 0.1) is 0 Å². The van der Waals surface area contributed by atoms with Gasteiger partial charge in [0.05, 0.1) is 28.4 Å². The maximum absolute atomic E-state index is 13.5. The van der Waals surface area contributed by atoms with Crippen LogP contribution < -0.4 is 14.4 Å². The fraction of sp³-hybridized carbons (Fsp3) is 0.207. The van der Waals surface area contributed by atoms with E-state index in [4.69, 9.17) is 21.1 Å². The lowest BCUT2D eigenvalue weighted by Crippen LogP contribution is -2.29. The van der Waals surface area contributed by atoms with E-state index in [0.717, 1.165) is 16.0 Å². The highest BCUT2D eigenvalue weighted by Crippen LogP contribution is 2.45. The average molecular weight is 547 g/mol. The van der Waals surface area contributed by atoms with Crippen molar-refractivity contribution in [2.75, 3.05) is 11.5 Å². The number of benzene rings is 3. The predicted octanol–water partition coefficient (Wildman–Crippen LogP) is 6.30. The second-order valence-corrected chi connectivity index (χ2v) is 10.7. The van der Waals surface area contributed by atoms with Gasteiger partial charge < -0.3 is 14.6 Å². The molecule has 1 saturated heterocycles. The van der Waals surface area contributed by atoms with Gasteiger partial charge in [-0.25, -0.2) is 4.98 Å². The zero-order valence-corrected chi connectivity index (χ0v) is 22.2. The second kappa shape index (κ2) is 9.45. The van der Waals surface area contributed by atoms with Crippen molar-refractivity contribution in [3.8, 4) is 11.5 Å². The number of aliphatic hydroxyl groups is 1. The van der Waals surface area contributed by atoms with Crippen molar-refractivity contribution in [2.45, 2.75) is 32.4 Å². The van der Waals surface area contributed by atoms with E-state index in [-0.39, 0.29) is 17.4 Å². The number of carbonyl (C=O) groups is 2. The van der Waals surface area contributed by atoms with Gasteiger partial charge in [0.1, 0.15) is 23.4 Å². The lowest BCUT2D eigenvalue weighted by Gasteiger charge is -2.23. The van der Waals surface area contributed by atoms with Crippen molar-refractivity contribution in [3.63, 3.8) is 0 Å². The monoisotopic (exact) mass is 546 g/mol. The number of anilines is 1. The number of hydrogen-bond donors (Lipinski definition) is 1. The van der Waals surface area contributed by atoms with Crippen LogP contribution in [0.3, 0.4) is 0 Å². The maximum Gasteiger partial charge on any atom is 0.301 e. The summed E-state index contributed by atoms with van der Waals surface area (Å²) in [7, 11) is 0. The van der Waals surface area contributed by atoms with Gasteiger partial charge in [0, 0.05) is 17.0 Å². The van der Waals surface area contributed by atoms with Gasteiger partial charge in [0.2, 0.25) is 0 Å². The minimum Gasteiger partial charge on any atom is -0.507 e. The lowest BCUT2D eigenvalue weighted by atomic mass is 9.94. The Balaban J connectivity index is 1.54. The number of aliphatic hydroxyl groups excluding tert-OH is 1. The number of carbonyl (C=O) groups excluding carboxylic acids is 2. The first-order chi connectivity index (χ1) is 18.3. The number of ether oxygens (including phenoxy) is 2. The molecular formula is C29H23ClN2O5S. The zero-order valence-electron chi connectivity index (χ0n) is 20.6. The van der Waals surface area contributed by atoms with Crippen LogP contribution in [0.4, 0.5) is 5.13 Å². The molecular weight excluding hydrogens is 524 g/mol. The Morgan fingerprint density at radius 3 is 2.84 bits per heavy atom. The van der Waals surface area contributed by atoms with E-state index < -0.39 is 17.7 Å². The largest absolute Gasteiger partial charge is 0.507 e. The summed E-state index contributed by atoms with van der Waals surface area (Å²) in [5.41, 5.74) is 2.65. The number of rotatable bonds is 5. The van der Waals surface area contributed by atoms with E-state index in [1.165, 1.54) is 16.2 Å². The number of fused-ring (bicyclic) bond motifs is 2. The Hall–Kier alpha value is -3.88. The smallest absolute Gasteiger partial charge is 0.301 e. The molecule has 1 aromatic heterocycles. The highest BCUT2D eigenvalue weighted by atomic mass is 35.5. The SMILES string of the molecule is CCOc1cccc([C@@H]2/C(=C(\O)c3ccc4c(c3)C[C@@H](C)O4)C(=O)C(=O)N2c2nc3ccc(Cl)cc3s2)c1. The molecule has 2 aliphatic rings. The van der Waals surface area contributed by atoms with Gasteiger partial charge >= 0.3 is 5.91 Å². The molecule has 0 aliphatic carbocycles. The van der Waals surface area contributed by atoms with Crippen molar-refractivity contribution in [1.29, 1.82) is 0 Å². The fourth-order valence-electron chi connectivity index (χ4n) is 5.00. The molecule has 38 heavy (non-hydrogen) atoms. The van der Waals surface area contributed by atoms with Crippen LogP contribution >= 0.6 is 22.9 Å². The normalized spacial score (nSPS) is 20.1. The van der Waals surface area contributed by atoms with E-state index in [0.29, 0.717) is 45.6 Å². The Kier molecular flexibility index (Phi) is 6.08. The molecule has 3 heterocycles. The number of amides is 1. The zero-order chi connectivity index (χ0) is 26.6. The van der Waals surface area contributed by atoms with E-state index in [1.54, 1.807) is 48.5 Å². The highest BCUT2D eigenvalue weighted by Gasteiger charge is 2.48. The molecule has 1 N–H and O–H groups in total. The van der Waals surface area contributed by atoms with E-state index in [1.807, 2.05) is 26.0 Å². The first-order valence-corrected chi connectivity index (χ1v) is 13.4. The molecule has 1 fully saturated rings. The molecule has 0 bridgehead atoms. The minimum absolute atomic E-state index is 0.00662. The summed E-state index contributed by atoms with van der Waals surface area (Å²) in [6.45, 7) is 4.31. The molecule has 4 aromatic rings. The third kappa shape index (κ3) is 4.10. The summed E-state index contributed by atoms with van der Waals surface area (Å²) >= 11 is 7.43. The van der Waals surface area contributed by atoms with Gasteiger partial charge in [-0.2, -0.15) is 0 Å². The predicted molar refractivity (Wildman–Crippen MR) is 147 cm³/mol. The third-order valence-corrected chi connectivity index (χ3v) is 7.90. The van der Waals surface area contributed by atoms with Crippen LogP contribution in [-0.2, 0) is 16.0 Å². The summed E-state index contributed by atoms with van der Waals surface area (Å²) < 4.78 is 12.3. The first-order valence-electron chi connectivity index (χ1n) is 12.2. The molecule has 2 aliphatic heterocycles. The topological polar surface area (TPSA) is 89.0 Å². The number of thiazole rings is 1. The molecule has 3 aromatic carbocycles. The summed E-state index contributed by atoms with van der Waals surface area (Å²) in [6.07, 6.45) is 0.723. The number of aromatic nitrogens is 1. The summed E-state index contributed by atoms with van der Waals surface area (Å²) in [6, 6.07) is 16.9. The van der Waals surface area contributed by atoms with Gasteiger partial charge in [-0.05, 0) is 73.5 Å².